The summed E-state index contributed by atoms with van der Waals surface area (Å²) < 4.78 is 31.8. The maximum Gasteiger partial charge on any atom is 0.254 e. The molecule has 0 amide bonds. The molecule has 176 valence electrons. The highest BCUT2D eigenvalue weighted by Gasteiger charge is 2.25. The maximum atomic E-state index is 12.5. The molecule has 0 spiro atoms. The van der Waals surface area contributed by atoms with Gasteiger partial charge in [-0.05, 0) is 35.2 Å². The van der Waals surface area contributed by atoms with Gasteiger partial charge in [0.05, 0.1) is 18.8 Å². The van der Waals surface area contributed by atoms with Gasteiger partial charge in [0.15, 0.2) is 5.82 Å². The molecule has 1 aliphatic heterocycles. The van der Waals surface area contributed by atoms with Crippen molar-refractivity contribution in [3.8, 4) is 28.6 Å². The third-order valence-electron chi connectivity index (χ3n) is 5.68. The van der Waals surface area contributed by atoms with Gasteiger partial charge in [0.25, 0.3) is 5.16 Å². The summed E-state index contributed by atoms with van der Waals surface area (Å²) >= 11 is 0. The monoisotopic (exact) mass is 472 g/mol. The summed E-state index contributed by atoms with van der Waals surface area (Å²) in [7, 11) is -3.71. The molecule has 0 saturated carbocycles. The number of benzene rings is 2. The third-order valence-corrected chi connectivity index (χ3v) is 6.60. The van der Waals surface area contributed by atoms with Crippen LogP contribution in [0, 0.1) is 0 Å². The molecule has 2 heterocycles. The highest BCUT2D eigenvalue weighted by atomic mass is 32.2. The number of phenols is 2. The Hall–Kier alpha value is -2.95. The normalized spacial score (nSPS) is 15.3. The van der Waals surface area contributed by atoms with E-state index in [0.29, 0.717) is 24.5 Å². The molecule has 1 saturated heterocycles. The molecule has 33 heavy (non-hydrogen) atoms. The summed E-state index contributed by atoms with van der Waals surface area (Å²) in [5.41, 5.74) is 2.54. The van der Waals surface area contributed by atoms with E-state index in [4.69, 9.17) is 4.74 Å². The minimum atomic E-state index is -3.71. The molecular formula is C23H28N4O5S. The number of aromatic nitrogens is 3. The van der Waals surface area contributed by atoms with Crippen LogP contribution >= 0.6 is 0 Å². The SMILES string of the molecule is CC(C)c1cc(-c2nnc(S(C)(=O)=O)n2-c2ccc(CN3CCOCC3)cc2)c(O)cc1O. The van der Waals surface area contributed by atoms with Crippen molar-refractivity contribution in [2.24, 2.45) is 0 Å². The van der Waals surface area contributed by atoms with Crippen LogP contribution in [0.25, 0.3) is 17.1 Å². The summed E-state index contributed by atoms with van der Waals surface area (Å²) in [6, 6.07) is 10.4. The molecule has 3 aromatic rings. The van der Waals surface area contributed by atoms with Gasteiger partial charge in [-0.15, -0.1) is 10.2 Å². The van der Waals surface area contributed by atoms with Crippen LogP contribution in [0.4, 0.5) is 0 Å². The topological polar surface area (TPSA) is 118 Å². The first-order valence-electron chi connectivity index (χ1n) is 10.8. The number of hydrogen-bond donors (Lipinski definition) is 2. The Balaban J connectivity index is 1.79. The zero-order chi connectivity index (χ0) is 23.8. The lowest BCUT2D eigenvalue weighted by Gasteiger charge is -2.26. The fourth-order valence-electron chi connectivity index (χ4n) is 3.92. The first kappa shape index (κ1) is 23.2. The summed E-state index contributed by atoms with van der Waals surface area (Å²) in [5, 5.41) is 28.6. The van der Waals surface area contributed by atoms with Crippen molar-refractivity contribution in [1.82, 2.24) is 19.7 Å². The fraction of sp³-hybridized carbons (Fsp3) is 0.391. The van der Waals surface area contributed by atoms with Crippen LogP contribution in [0.3, 0.4) is 0 Å². The highest BCUT2D eigenvalue weighted by molar-refractivity contribution is 7.90. The molecule has 0 radical (unpaired) electrons. The molecule has 0 atom stereocenters. The van der Waals surface area contributed by atoms with Crippen LogP contribution in [-0.2, 0) is 21.1 Å². The van der Waals surface area contributed by atoms with E-state index in [-0.39, 0.29) is 34.0 Å². The van der Waals surface area contributed by atoms with E-state index >= 15 is 0 Å². The second-order valence-electron chi connectivity index (χ2n) is 8.55. The zero-order valence-corrected chi connectivity index (χ0v) is 19.7. The summed E-state index contributed by atoms with van der Waals surface area (Å²) in [4.78, 5) is 2.30. The number of sulfone groups is 1. The van der Waals surface area contributed by atoms with Gasteiger partial charge in [0, 0.05) is 37.6 Å². The Labute approximate surface area is 193 Å². The molecule has 9 nitrogen and oxygen atoms in total. The van der Waals surface area contributed by atoms with E-state index < -0.39 is 9.84 Å². The molecule has 0 aliphatic carbocycles. The number of nitrogens with zero attached hydrogens (tertiary/aromatic N) is 4. The predicted molar refractivity (Wildman–Crippen MR) is 123 cm³/mol. The van der Waals surface area contributed by atoms with E-state index in [1.165, 1.54) is 10.6 Å². The van der Waals surface area contributed by atoms with Crippen molar-refractivity contribution in [2.45, 2.75) is 31.5 Å². The average Bonchev–Trinajstić information content (AvgIpc) is 3.20. The van der Waals surface area contributed by atoms with E-state index in [9.17, 15) is 18.6 Å². The Morgan fingerprint density at radius 1 is 1.03 bits per heavy atom. The molecule has 0 bridgehead atoms. The zero-order valence-electron chi connectivity index (χ0n) is 18.9. The highest BCUT2D eigenvalue weighted by Crippen LogP contribution is 2.38. The number of hydrogen-bond acceptors (Lipinski definition) is 8. The van der Waals surface area contributed by atoms with Gasteiger partial charge in [-0.2, -0.15) is 0 Å². The maximum absolute atomic E-state index is 12.5. The number of aromatic hydroxyl groups is 2. The van der Waals surface area contributed by atoms with Crippen molar-refractivity contribution in [2.75, 3.05) is 32.6 Å². The number of phenolic OH excluding ortho intramolecular Hbond substituents is 2. The van der Waals surface area contributed by atoms with Crippen LogP contribution in [0.15, 0.2) is 41.6 Å². The van der Waals surface area contributed by atoms with Crippen LogP contribution in [0.1, 0.15) is 30.9 Å². The fourth-order valence-corrected chi connectivity index (χ4v) is 4.63. The van der Waals surface area contributed by atoms with Gasteiger partial charge in [0.1, 0.15) is 11.5 Å². The minimum Gasteiger partial charge on any atom is -0.508 e. The summed E-state index contributed by atoms with van der Waals surface area (Å²) in [5.74, 6) is -0.0898. The standard InChI is InChI=1S/C23H28N4O5S/c1-15(2)18-12-19(21(29)13-20(18)28)22-24-25-23(33(3,30)31)27(22)17-6-4-16(5-7-17)14-26-8-10-32-11-9-26/h4-7,12-13,15,28-29H,8-11,14H2,1-3H3. The minimum absolute atomic E-state index is 0.0189. The van der Waals surface area contributed by atoms with Gasteiger partial charge in [0.2, 0.25) is 9.84 Å². The number of morpholine rings is 1. The van der Waals surface area contributed by atoms with Crippen molar-refractivity contribution in [1.29, 1.82) is 0 Å². The molecule has 4 rings (SSSR count). The first-order chi connectivity index (χ1) is 15.6. The Morgan fingerprint density at radius 3 is 2.30 bits per heavy atom. The van der Waals surface area contributed by atoms with Crippen molar-refractivity contribution in [3.63, 3.8) is 0 Å². The lowest BCUT2D eigenvalue weighted by Crippen LogP contribution is -2.35. The second kappa shape index (κ2) is 9.12. The van der Waals surface area contributed by atoms with Gasteiger partial charge < -0.3 is 14.9 Å². The van der Waals surface area contributed by atoms with Crippen LogP contribution in [0.5, 0.6) is 11.5 Å². The van der Waals surface area contributed by atoms with E-state index in [1.54, 1.807) is 6.07 Å². The molecular weight excluding hydrogens is 444 g/mol. The van der Waals surface area contributed by atoms with Crippen LogP contribution in [-0.4, -0.2) is 70.9 Å². The smallest absolute Gasteiger partial charge is 0.254 e. The van der Waals surface area contributed by atoms with E-state index in [1.807, 2.05) is 38.1 Å². The third kappa shape index (κ3) is 4.87. The first-order valence-corrected chi connectivity index (χ1v) is 12.7. The lowest BCUT2D eigenvalue weighted by molar-refractivity contribution is 0.0342. The molecule has 1 aromatic heterocycles. The molecule has 10 heteroatoms. The van der Waals surface area contributed by atoms with Gasteiger partial charge >= 0.3 is 0 Å². The summed E-state index contributed by atoms with van der Waals surface area (Å²) in [6.07, 6.45) is 1.07. The Kier molecular flexibility index (Phi) is 6.42. The number of rotatable bonds is 6. The Morgan fingerprint density at radius 2 is 1.70 bits per heavy atom. The lowest BCUT2D eigenvalue weighted by atomic mass is 9.98. The molecule has 0 unspecified atom stereocenters. The molecule has 1 aliphatic rings. The van der Waals surface area contributed by atoms with E-state index in [0.717, 1.165) is 31.5 Å². The van der Waals surface area contributed by atoms with Crippen molar-refractivity contribution >= 4 is 9.84 Å². The van der Waals surface area contributed by atoms with Gasteiger partial charge in [-0.25, -0.2) is 8.42 Å². The predicted octanol–water partition coefficient (Wildman–Crippen LogP) is 2.70. The summed E-state index contributed by atoms with van der Waals surface area (Å²) in [6.45, 7) is 7.77. The Bertz CT molecular complexity index is 1250. The quantitative estimate of drug-likeness (QED) is 0.562. The average molecular weight is 473 g/mol. The van der Waals surface area contributed by atoms with Crippen molar-refractivity contribution in [3.05, 3.63) is 47.5 Å². The van der Waals surface area contributed by atoms with Gasteiger partial charge in [-0.3, -0.25) is 9.47 Å². The van der Waals surface area contributed by atoms with Crippen molar-refractivity contribution < 1.29 is 23.4 Å². The second-order valence-corrected chi connectivity index (χ2v) is 10.5. The van der Waals surface area contributed by atoms with Crippen LogP contribution in [0.2, 0.25) is 0 Å². The molecule has 2 N–H and O–H groups in total. The number of ether oxygens (including phenoxy) is 1. The van der Waals surface area contributed by atoms with Gasteiger partial charge in [-0.1, -0.05) is 26.0 Å². The largest absolute Gasteiger partial charge is 0.508 e. The molecule has 1 fully saturated rings. The van der Waals surface area contributed by atoms with E-state index in [2.05, 4.69) is 15.1 Å². The van der Waals surface area contributed by atoms with Crippen LogP contribution < -0.4 is 0 Å². The molecule has 2 aromatic carbocycles.